The van der Waals surface area contributed by atoms with Crippen LogP contribution in [0.15, 0.2) is 30.5 Å². The average Bonchev–Trinajstić information content (AvgIpc) is 2.72. The van der Waals surface area contributed by atoms with E-state index >= 15 is 0 Å². The number of nitrogens with zero attached hydrogens (tertiary/aromatic N) is 3. The zero-order valence-corrected chi connectivity index (χ0v) is 10.8. The van der Waals surface area contributed by atoms with Crippen LogP contribution in [-0.4, -0.2) is 14.5 Å². The van der Waals surface area contributed by atoms with Gasteiger partial charge in [-0.15, -0.1) is 0 Å². The van der Waals surface area contributed by atoms with Gasteiger partial charge in [0.25, 0.3) is 0 Å². The summed E-state index contributed by atoms with van der Waals surface area (Å²) in [7, 11) is 0. The fourth-order valence-corrected chi connectivity index (χ4v) is 2.47. The number of imidazole rings is 1. The summed E-state index contributed by atoms with van der Waals surface area (Å²) in [6.07, 6.45) is 4.26. The van der Waals surface area contributed by atoms with E-state index in [-0.39, 0.29) is 0 Å². The molecule has 3 nitrogen and oxygen atoms in total. The first-order valence-corrected chi connectivity index (χ1v) is 6.52. The van der Waals surface area contributed by atoms with Crippen molar-refractivity contribution >= 4 is 21.9 Å². The zero-order chi connectivity index (χ0) is 12.5. The standard InChI is InChI=1S/C15H17N3/c1-3-4-9-18-11(2)17-14-10-16-13-8-6-5-7-12(13)15(14)18/h5-8,10H,3-4,9H2,1-2H3. The van der Waals surface area contributed by atoms with Gasteiger partial charge in [0, 0.05) is 11.9 Å². The van der Waals surface area contributed by atoms with E-state index in [4.69, 9.17) is 0 Å². The summed E-state index contributed by atoms with van der Waals surface area (Å²) in [5.41, 5.74) is 3.27. The van der Waals surface area contributed by atoms with E-state index in [0.717, 1.165) is 23.4 Å². The lowest BCUT2D eigenvalue weighted by Gasteiger charge is -2.07. The van der Waals surface area contributed by atoms with Gasteiger partial charge in [-0.3, -0.25) is 4.98 Å². The molecular weight excluding hydrogens is 222 g/mol. The molecule has 2 aromatic heterocycles. The van der Waals surface area contributed by atoms with E-state index in [1.165, 1.54) is 23.7 Å². The number of hydrogen-bond acceptors (Lipinski definition) is 2. The molecule has 0 amide bonds. The van der Waals surface area contributed by atoms with Gasteiger partial charge in [0.1, 0.15) is 11.3 Å². The van der Waals surface area contributed by atoms with Crippen LogP contribution in [0.2, 0.25) is 0 Å². The molecule has 0 radical (unpaired) electrons. The van der Waals surface area contributed by atoms with Crippen LogP contribution in [0.25, 0.3) is 21.9 Å². The highest BCUT2D eigenvalue weighted by Gasteiger charge is 2.10. The van der Waals surface area contributed by atoms with E-state index in [2.05, 4.69) is 46.6 Å². The number of pyridine rings is 1. The molecule has 0 bridgehead atoms. The number of aryl methyl sites for hydroxylation is 2. The van der Waals surface area contributed by atoms with Crippen LogP contribution in [0.3, 0.4) is 0 Å². The maximum Gasteiger partial charge on any atom is 0.108 e. The summed E-state index contributed by atoms with van der Waals surface area (Å²) in [5.74, 6) is 1.08. The second-order valence-electron chi connectivity index (χ2n) is 4.67. The van der Waals surface area contributed by atoms with Gasteiger partial charge < -0.3 is 4.57 Å². The maximum atomic E-state index is 4.62. The summed E-state index contributed by atoms with van der Waals surface area (Å²) >= 11 is 0. The number of para-hydroxylation sites is 1. The molecule has 3 heteroatoms. The first-order chi connectivity index (χ1) is 8.81. The van der Waals surface area contributed by atoms with Crippen molar-refractivity contribution in [3.8, 4) is 0 Å². The molecule has 3 rings (SSSR count). The Kier molecular flexibility index (Phi) is 2.74. The minimum Gasteiger partial charge on any atom is -0.328 e. The van der Waals surface area contributed by atoms with Gasteiger partial charge in [-0.25, -0.2) is 4.98 Å². The fraction of sp³-hybridized carbons (Fsp3) is 0.333. The molecule has 0 aliphatic carbocycles. The molecule has 18 heavy (non-hydrogen) atoms. The highest BCUT2D eigenvalue weighted by molar-refractivity contribution is 6.02. The number of benzene rings is 1. The van der Waals surface area contributed by atoms with Gasteiger partial charge in [-0.05, 0) is 19.4 Å². The molecule has 0 aliphatic heterocycles. The monoisotopic (exact) mass is 239 g/mol. The largest absolute Gasteiger partial charge is 0.328 e. The normalized spacial score (nSPS) is 11.4. The van der Waals surface area contributed by atoms with Crippen LogP contribution < -0.4 is 0 Å². The lowest BCUT2D eigenvalue weighted by molar-refractivity contribution is 0.631. The van der Waals surface area contributed by atoms with E-state index in [1.807, 2.05) is 12.3 Å². The van der Waals surface area contributed by atoms with Crippen molar-refractivity contribution in [3.63, 3.8) is 0 Å². The third kappa shape index (κ3) is 1.67. The number of hydrogen-bond donors (Lipinski definition) is 0. The zero-order valence-electron chi connectivity index (χ0n) is 10.8. The molecule has 2 heterocycles. The number of fused-ring (bicyclic) bond motifs is 3. The highest BCUT2D eigenvalue weighted by Crippen LogP contribution is 2.24. The van der Waals surface area contributed by atoms with Crippen molar-refractivity contribution < 1.29 is 0 Å². The Morgan fingerprint density at radius 2 is 2.00 bits per heavy atom. The minimum atomic E-state index is 1.00. The van der Waals surface area contributed by atoms with Crippen molar-refractivity contribution in [2.45, 2.75) is 33.2 Å². The first-order valence-electron chi connectivity index (χ1n) is 6.52. The van der Waals surface area contributed by atoms with Crippen molar-refractivity contribution in [2.75, 3.05) is 0 Å². The third-order valence-electron chi connectivity index (χ3n) is 3.41. The lowest BCUT2D eigenvalue weighted by Crippen LogP contribution is -2.00. The Bertz CT molecular complexity index is 697. The van der Waals surface area contributed by atoms with Crippen LogP contribution in [0.4, 0.5) is 0 Å². The minimum absolute atomic E-state index is 1.00. The molecular formula is C15H17N3. The predicted molar refractivity (Wildman–Crippen MR) is 74.7 cm³/mol. The van der Waals surface area contributed by atoms with Crippen LogP contribution in [0.5, 0.6) is 0 Å². The summed E-state index contributed by atoms with van der Waals surface area (Å²) in [4.78, 5) is 9.08. The Morgan fingerprint density at radius 1 is 1.17 bits per heavy atom. The van der Waals surface area contributed by atoms with Crippen LogP contribution in [0, 0.1) is 6.92 Å². The Labute approximate surface area is 106 Å². The molecule has 92 valence electrons. The molecule has 1 aromatic carbocycles. The summed E-state index contributed by atoms with van der Waals surface area (Å²) in [6.45, 7) is 5.32. The lowest BCUT2D eigenvalue weighted by atomic mass is 10.2. The molecule has 0 aliphatic rings. The summed E-state index contributed by atoms with van der Waals surface area (Å²) in [5, 5.41) is 1.20. The molecule has 0 fully saturated rings. The Hall–Kier alpha value is -1.90. The van der Waals surface area contributed by atoms with E-state index < -0.39 is 0 Å². The van der Waals surface area contributed by atoms with Crippen molar-refractivity contribution in [3.05, 3.63) is 36.3 Å². The second kappa shape index (κ2) is 4.41. The number of aromatic nitrogens is 3. The van der Waals surface area contributed by atoms with Crippen molar-refractivity contribution in [1.82, 2.24) is 14.5 Å². The molecule has 0 atom stereocenters. The summed E-state index contributed by atoms with van der Waals surface area (Å²) in [6, 6.07) is 8.28. The molecule has 3 aromatic rings. The van der Waals surface area contributed by atoms with Gasteiger partial charge in [0.2, 0.25) is 0 Å². The van der Waals surface area contributed by atoms with Crippen molar-refractivity contribution in [1.29, 1.82) is 0 Å². The van der Waals surface area contributed by atoms with Gasteiger partial charge in [0.15, 0.2) is 0 Å². The highest BCUT2D eigenvalue weighted by atomic mass is 15.1. The van der Waals surface area contributed by atoms with Gasteiger partial charge in [-0.2, -0.15) is 0 Å². The fourth-order valence-electron chi connectivity index (χ4n) is 2.47. The molecule has 0 saturated heterocycles. The molecule has 0 saturated carbocycles. The smallest absolute Gasteiger partial charge is 0.108 e. The van der Waals surface area contributed by atoms with E-state index in [0.29, 0.717) is 0 Å². The number of rotatable bonds is 3. The van der Waals surface area contributed by atoms with Gasteiger partial charge >= 0.3 is 0 Å². The molecule has 0 unspecified atom stereocenters. The third-order valence-corrected chi connectivity index (χ3v) is 3.41. The first kappa shape index (κ1) is 11.2. The number of unbranched alkanes of at least 4 members (excludes halogenated alkanes) is 1. The van der Waals surface area contributed by atoms with Crippen LogP contribution in [-0.2, 0) is 6.54 Å². The van der Waals surface area contributed by atoms with Gasteiger partial charge in [-0.1, -0.05) is 31.5 Å². The second-order valence-corrected chi connectivity index (χ2v) is 4.67. The van der Waals surface area contributed by atoms with Crippen molar-refractivity contribution in [2.24, 2.45) is 0 Å². The maximum absolute atomic E-state index is 4.62. The predicted octanol–water partition coefficient (Wildman–Crippen LogP) is 3.69. The van der Waals surface area contributed by atoms with Crippen LogP contribution >= 0.6 is 0 Å². The van der Waals surface area contributed by atoms with Gasteiger partial charge in [0.05, 0.1) is 17.2 Å². The Morgan fingerprint density at radius 3 is 2.83 bits per heavy atom. The van der Waals surface area contributed by atoms with Crippen LogP contribution in [0.1, 0.15) is 25.6 Å². The average molecular weight is 239 g/mol. The Balaban J connectivity index is 2.32. The SMILES string of the molecule is CCCCn1c(C)nc2cnc3ccccc3c21. The summed E-state index contributed by atoms with van der Waals surface area (Å²) < 4.78 is 2.32. The molecule has 0 N–H and O–H groups in total. The van der Waals surface area contributed by atoms with E-state index in [9.17, 15) is 0 Å². The molecule has 0 spiro atoms. The topological polar surface area (TPSA) is 30.7 Å². The van der Waals surface area contributed by atoms with E-state index in [1.54, 1.807) is 0 Å². The quantitative estimate of drug-likeness (QED) is 0.697.